The highest BCUT2D eigenvalue weighted by molar-refractivity contribution is 5.86. The molecule has 0 aromatic carbocycles. The van der Waals surface area contributed by atoms with E-state index in [0.717, 1.165) is 5.69 Å². The highest BCUT2D eigenvalue weighted by Gasteiger charge is 2.07. The van der Waals surface area contributed by atoms with Crippen LogP contribution in [-0.4, -0.2) is 30.8 Å². The average Bonchev–Trinajstić information content (AvgIpc) is 2.66. The van der Waals surface area contributed by atoms with Gasteiger partial charge in [-0.15, -0.1) is 0 Å². The summed E-state index contributed by atoms with van der Waals surface area (Å²) in [7, 11) is 0. The molecule has 76 valence electrons. The maximum absolute atomic E-state index is 10.6. The number of carboxylic acid groups (broad SMARTS) is 1. The van der Waals surface area contributed by atoms with Gasteiger partial charge in [0, 0.05) is 18.0 Å². The van der Waals surface area contributed by atoms with Gasteiger partial charge in [-0.05, 0) is 6.92 Å². The van der Waals surface area contributed by atoms with Crippen molar-refractivity contribution in [3.63, 3.8) is 0 Å². The fourth-order valence-corrected chi connectivity index (χ4v) is 1.12. The second-order valence-electron chi connectivity index (χ2n) is 3.00. The van der Waals surface area contributed by atoms with Gasteiger partial charge in [0.05, 0.1) is 11.8 Å². The molecule has 0 atom stereocenters. The first kappa shape index (κ1) is 9.32. The Morgan fingerprint density at radius 3 is 2.87 bits per heavy atom. The lowest BCUT2D eigenvalue weighted by atomic mass is 10.4. The van der Waals surface area contributed by atoms with Gasteiger partial charge in [-0.2, -0.15) is 5.10 Å². The molecule has 15 heavy (non-hydrogen) atoms. The molecule has 0 bridgehead atoms. The zero-order valence-electron chi connectivity index (χ0n) is 7.95. The van der Waals surface area contributed by atoms with Crippen LogP contribution in [0.15, 0.2) is 24.8 Å². The molecule has 2 aromatic rings. The maximum Gasteiger partial charge on any atom is 0.338 e. The number of carbonyl (C=O) groups is 1. The number of aromatic carboxylic acids is 1. The number of aryl methyl sites for hydroxylation is 1. The van der Waals surface area contributed by atoms with Gasteiger partial charge in [0.25, 0.3) is 0 Å². The van der Waals surface area contributed by atoms with Gasteiger partial charge in [0.2, 0.25) is 0 Å². The van der Waals surface area contributed by atoms with Crippen molar-refractivity contribution in [2.24, 2.45) is 0 Å². The molecule has 6 heteroatoms. The first-order valence-corrected chi connectivity index (χ1v) is 4.24. The molecule has 0 aliphatic carbocycles. The topological polar surface area (TPSA) is 80.9 Å². The highest BCUT2D eigenvalue weighted by Crippen LogP contribution is 2.05. The van der Waals surface area contributed by atoms with Crippen LogP contribution >= 0.6 is 0 Å². The molecule has 2 heterocycles. The van der Waals surface area contributed by atoms with Gasteiger partial charge < -0.3 is 5.11 Å². The third-order valence-corrected chi connectivity index (χ3v) is 1.85. The number of nitrogens with zero attached hydrogens (tertiary/aromatic N) is 4. The largest absolute Gasteiger partial charge is 0.478 e. The van der Waals surface area contributed by atoms with Crippen molar-refractivity contribution in [1.82, 2.24) is 19.7 Å². The second-order valence-corrected chi connectivity index (χ2v) is 3.00. The smallest absolute Gasteiger partial charge is 0.338 e. The monoisotopic (exact) mass is 204 g/mol. The SMILES string of the molecule is Cc1cc(-n2cc(C(=O)O)cn2)ncn1. The minimum Gasteiger partial charge on any atom is -0.478 e. The third-order valence-electron chi connectivity index (χ3n) is 1.85. The van der Waals surface area contributed by atoms with E-state index >= 15 is 0 Å². The Bertz CT molecular complexity index is 506. The Hall–Kier alpha value is -2.24. The van der Waals surface area contributed by atoms with E-state index in [0.29, 0.717) is 5.82 Å². The molecule has 0 fully saturated rings. The van der Waals surface area contributed by atoms with Crippen molar-refractivity contribution >= 4 is 5.97 Å². The number of hydrogen-bond donors (Lipinski definition) is 1. The molecule has 2 rings (SSSR count). The molecule has 6 nitrogen and oxygen atoms in total. The Morgan fingerprint density at radius 2 is 2.27 bits per heavy atom. The summed E-state index contributed by atoms with van der Waals surface area (Å²) in [5, 5.41) is 12.6. The van der Waals surface area contributed by atoms with Crippen molar-refractivity contribution < 1.29 is 9.90 Å². The average molecular weight is 204 g/mol. The van der Waals surface area contributed by atoms with Crippen LogP contribution in [0.1, 0.15) is 16.1 Å². The van der Waals surface area contributed by atoms with Crippen molar-refractivity contribution in [3.8, 4) is 5.82 Å². The molecule has 0 spiro atoms. The van der Waals surface area contributed by atoms with Gasteiger partial charge in [0.1, 0.15) is 6.33 Å². The minimum absolute atomic E-state index is 0.131. The molecule has 0 amide bonds. The number of carboxylic acids is 1. The van der Waals surface area contributed by atoms with Crippen molar-refractivity contribution in [3.05, 3.63) is 36.0 Å². The van der Waals surface area contributed by atoms with Crippen LogP contribution in [0.4, 0.5) is 0 Å². The van der Waals surface area contributed by atoms with Crippen molar-refractivity contribution in [2.75, 3.05) is 0 Å². The third kappa shape index (κ3) is 1.83. The Labute approximate surface area is 85.2 Å². The highest BCUT2D eigenvalue weighted by atomic mass is 16.4. The van der Waals surface area contributed by atoms with E-state index < -0.39 is 5.97 Å². The van der Waals surface area contributed by atoms with E-state index in [4.69, 9.17) is 5.11 Å². The molecular weight excluding hydrogens is 196 g/mol. The lowest BCUT2D eigenvalue weighted by molar-refractivity contribution is 0.0697. The summed E-state index contributed by atoms with van der Waals surface area (Å²) in [4.78, 5) is 18.5. The van der Waals surface area contributed by atoms with Crippen LogP contribution in [-0.2, 0) is 0 Å². The Morgan fingerprint density at radius 1 is 1.47 bits per heavy atom. The van der Waals surface area contributed by atoms with Gasteiger partial charge in [-0.25, -0.2) is 19.4 Å². The number of hydrogen-bond acceptors (Lipinski definition) is 4. The molecule has 2 aromatic heterocycles. The van der Waals surface area contributed by atoms with Crippen LogP contribution in [0.2, 0.25) is 0 Å². The Kier molecular flexibility index (Phi) is 2.17. The van der Waals surface area contributed by atoms with Gasteiger partial charge >= 0.3 is 5.97 Å². The van der Waals surface area contributed by atoms with Crippen LogP contribution in [0.5, 0.6) is 0 Å². The van der Waals surface area contributed by atoms with E-state index in [2.05, 4.69) is 15.1 Å². The summed E-state index contributed by atoms with van der Waals surface area (Å²) in [5.41, 5.74) is 0.929. The second kappa shape index (κ2) is 3.49. The van der Waals surface area contributed by atoms with E-state index in [-0.39, 0.29) is 5.56 Å². The normalized spacial score (nSPS) is 10.2. The summed E-state index contributed by atoms with van der Waals surface area (Å²) >= 11 is 0. The van der Waals surface area contributed by atoms with Gasteiger partial charge in [-0.1, -0.05) is 0 Å². The fourth-order valence-electron chi connectivity index (χ4n) is 1.12. The van der Waals surface area contributed by atoms with Crippen LogP contribution in [0.25, 0.3) is 5.82 Å². The van der Waals surface area contributed by atoms with Gasteiger partial charge in [-0.3, -0.25) is 0 Å². The number of rotatable bonds is 2. The summed E-state index contributed by atoms with van der Waals surface area (Å²) in [6.45, 7) is 1.83. The summed E-state index contributed by atoms with van der Waals surface area (Å²) in [6, 6.07) is 1.72. The van der Waals surface area contributed by atoms with Crippen LogP contribution < -0.4 is 0 Å². The predicted molar refractivity (Wildman–Crippen MR) is 50.9 cm³/mol. The lowest BCUT2D eigenvalue weighted by Crippen LogP contribution is -1.99. The van der Waals surface area contributed by atoms with Crippen molar-refractivity contribution in [2.45, 2.75) is 6.92 Å². The fraction of sp³-hybridized carbons (Fsp3) is 0.111. The predicted octanol–water partition coefficient (Wildman–Crippen LogP) is 0.669. The van der Waals surface area contributed by atoms with E-state index in [1.54, 1.807) is 6.07 Å². The van der Waals surface area contributed by atoms with Crippen LogP contribution in [0, 0.1) is 6.92 Å². The quantitative estimate of drug-likeness (QED) is 0.777. The molecule has 0 saturated carbocycles. The maximum atomic E-state index is 10.6. The summed E-state index contributed by atoms with van der Waals surface area (Å²) < 4.78 is 1.40. The lowest BCUT2D eigenvalue weighted by Gasteiger charge is -1.99. The van der Waals surface area contributed by atoms with Crippen LogP contribution in [0.3, 0.4) is 0 Å². The van der Waals surface area contributed by atoms with Gasteiger partial charge in [0.15, 0.2) is 5.82 Å². The minimum atomic E-state index is -1.01. The standard InChI is InChI=1S/C9H8N4O2/c1-6-2-8(11-5-10-6)13-4-7(3-12-13)9(14)15/h2-5H,1H3,(H,14,15). The molecule has 0 aliphatic rings. The van der Waals surface area contributed by atoms with E-state index in [9.17, 15) is 4.79 Å². The zero-order chi connectivity index (χ0) is 10.8. The number of aromatic nitrogens is 4. The summed E-state index contributed by atoms with van der Waals surface area (Å²) in [6.07, 6.45) is 4.09. The molecule has 1 N–H and O–H groups in total. The summed E-state index contributed by atoms with van der Waals surface area (Å²) in [5.74, 6) is -0.456. The zero-order valence-corrected chi connectivity index (χ0v) is 7.95. The molecule has 0 unspecified atom stereocenters. The Balaban J connectivity index is 2.41. The first-order valence-electron chi connectivity index (χ1n) is 4.24. The van der Waals surface area contributed by atoms with E-state index in [1.165, 1.54) is 23.4 Å². The molecule has 0 radical (unpaired) electrons. The molecule has 0 saturated heterocycles. The van der Waals surface area contributed by atoms with E-state index in [1.807, 2.05) is 6.92 Å². The molecule has 0 aliphatic heterocycles. The molecular formula is C9H8N4O2. The van der Waals surface area contributed by atoms with Crippen molar-refractivity contribution in [1.29, 1.82) is 0 Å². The first-order chi connectivity index (χ1) is 7.16.